The van der Waals surface area contributed by atoms with Crippen molar-refractivity contribution >= 4 is 17.9 Å². The molecule has 1 rings (SSSR count). The van der Waals surface area contributed by atoms with Crippen LogP contribution in [0.15, 0.2) is 18.7 Å². The number of carbonyl (C=O) groups excluding carboxylic acids is 2. The summed E-state index contributed by atoms with van der Waals surface area (Å²) in [4.78, 5) is 37.6. The van der Waals surface area contributed by atoms with Crippen LogP contribution in [-0.2, 0) is 16.1 Å². The largest absolute Gasteiger partial charge is 0.480 e. The van der Waals surface area contributed by atoms with Crippen LogP contribution in [0.4, 0.5) is 4.79 Å². The fourth-order valence-electron chi connectivity index (χ4n) is 1.37. The normalized spacial score (nSPS) is 9.89. The van der Waals surface area contributed by atoms with E-state index < -0.39 is 31.0 Å². The predicted molar refractivity (Wildman–Crippen MR) is 64.0 cm³/mol. The molecule has 9 heteroatoms. The molecule has 0 aliphatic heterocycles. The zero-order chi connectivity index (χ0) is 14.3. The lowest BCUT2D eigenvalue weighted by Crippen LogP contribution is -2.47. The predicted octanol–water partition coefficient (Wildman–Crippen LogP) is -1.54. The van der Waals surface area contributed by atoms with Gasteiger partial charge in [0.25, 0.3) is 0 Å². The van der Waals surface area contributed by atoms with Gasteiger partial charge in [0.05, 0.1) is 6.33 Å². The molecule has 0 aliphatic rings. The van der Waals surface area contributed by atoms with E-state index in [-0.39, 0.29) is 6.54 Å². The van der Waals surface area contributed by atoms with E-state index in [4.69, 9.17) is 10.8 Å². The first kappa shape index (κ1) is 14.5. The van der Waals surface area contributed by atoms with Gasteiger partial charge in [-0.25, -0.2) is 9.78 Å². The number of aromatic nitrogens is 2. The van der Waals surface area contributed by atoms with Gasteiger partial charge in [0.2, 0.25) is 5.91 Å². The number of nitrogens with zero attached hydrogens (tertiary/aromatic N) is 3. The molecule has 0 atom stereocenters. The third-order valence-corrected chi connectivity index (χ3v) is 2.17. The molecule has 3 amide bonds. The topological polar surface area (TPSA) is 131 Å². The van der Waals surface area contributed by atoms with Gasteiger partial charge >= 0.3 is 12.0 Å². The molecule has 0 saturated heterocycles. The molecule has 1 aromatic heterocycles. The second-order valence-electron chi connectivity index (χ2n) is 3.75. The number of urea groups is 1. The van der Waals surface area contributed by atoms with Crippen LogP contribution < -0.4 is 11.1 Å². The van der Waals surface area contributed by atoms with E-state index in [0.717, 1.165) is 4.90 Å². The molecule has 104 valence electrons. The molecule has 9 nitrogen and oxygen atoms in total. The van der Waals surface area contributed by atoms with E-state index in [1.54, 1.807) is 23.3 Å². The highest BCUT2D eigenvalue weighted by Crippen LogP contribution is 1.90. The van der Waals surface area contributed by atoms with Crippen LogP contribution in [0.2, 0.25) is 0 Å². The van der Waals surface area contributed by atoms with Crippen molar-refractivity contribution in [3.8, 4) is 0 Å². The Bertz CT molecular complexity index is 429. The molecular weight excluding hydrogens is 254 g/mol. The number of hydrogen-bond donors (Lipinski definition) is 3. The maximum Gasteiger partial charge on any atom is 0.323 e. The van der Waals surface area contributed by atoms with E-state index in [9.17, 15) is 14.4 Å². The van der Waals surface area contributed by atoms with Gasteiger partial charge in [-0.2, -0.15) is 0 Å². The standard InChI is InChI=1S/C10H15N5O4/c11-8(16)5-15(6-9(17)18)10(19)13-2-4-14-3-1-12-7-14/h1,3,7H,2,4-6H2,(H2,11,16)(H,13,19)(H,17,18). The lowest BCUT2D eigenvalue weighted by Gasteiger charge is -2.19. The maximum atomic E-state index is 11.7. The molecule has 0 spiro atoms. The molecule has 19 heavy (non-hydrogen) atoms. The molecular formula is C10H15N5O4. The molecule has 0 unspecified atom stereocenters. The number of nitrogens with one attached hydrogen (secondary N) is 1. The van der Waals surface area contributed by atoms with Crippen molar-refractivity contribution in [2.75, 3.05) is 19.6 Å². The summed E-state index contributed by atoms with van der Waals surface area (Å²) in [7, 11) is 0. The molecule has 1 heterocycles. The van der Waals surface area contributed by atoms with Gasteiger partial charge in [-0.15, -0.1) is 0 Å². The van der Waals surface area contributed by atoms with E-state index in [1.807, 2.05) is 0 Å². The number of carbonyl (C=O) groups is 3. The number of nitrogens with two attached hydrogens (primary N) is 1. The van der Waals surface area contributed by atoms with Gasteiger partial charge < -0.3 is 25.6 Å². The van der Waals surface area contributed by atoms with Crippen LogP contribution in [0.3, 0.4) is 0 Å². The van der Waals surface area contributed by atoms with Gasteiger partial charge in [0.1, 0.15) is 13.1 Å². The van der Waals surface area contributed by atoms with E-state index in [2.05, 4.69) is 10.3 Å². The molecule has 0 saturated carbocycles. The van der Waals surface area contributed by atoms with Crippen LogP contribution in [0.25, 0.3) is 0 Å². The fourth-order valence-corrected chi connectivity index (χ4v) is 1.37. The fraction of sp³-hybridized carbons (Fsp3) is 0.400. The van der Waals surface area contributed by atoms with E-state index >= 15 is 0 Å². The molecule has 0 aromatic carbocycles. The minimum absolute atomic E-state index is 0.282. The zero-order valence-corrected chi connectivity index (χ0v) is 10.2. The van der Waals surface area contributed by atoms with Crippen LogP contribution in [-0.4, -0.2) is 57.1 Å². The summed E-state index contributed by atoms with van der Waals surface area (Å²) in [5.41, 5.74) is 4.95. The Kier molecular flexibility index (Phi) is 5.33. The van der Waals surface area contributed by atoms with Gasteiger partial charge in [0, 0.05) is 25.5 Å². The summed E-state index contributed by atoms with van der Waals surface area (Å²) < 4.78 is 1.75. The number of primary amides is 1. The summed E-state index contributed by atoms with van der Waals surface area (Å²) in [5, 5.41) is 11.1. The highest BCUT2D eigenvalue weighted by Gasteiger charge is 2.18. The SMILES string of the molecule is NC(=O)CN(CC(=O)O)C(=O)NCCn1ccnc1. The van der Waals surface area contributed by atoms with Crippen molar-refractivity contribution in [1.82, 2.24) is 19.8 Å². The summed E-state index contributed by atoms with van der Waals surface area (Å²) in [6.45, 7) is -0.254. The van der Waals surface area contributed by atoms with Crippen molar-refractivity contribution < 1.29 is 19.5 Å². The highest BCUT2D eigenvalue weighted by atomic mass is 16.4. The first-order chi connectivity index (χ1) is 8.99. The zero-order valence-electron chi connectivity index (χ0n) is 10.2. The molecule has 0 radical (unpaired) electrons. The van der Waals surface area contributed by atoms with Crippen LogP contribution in [0.1, 0.15) is 0 Å². The van der Waals surface area contributed by atoms with Gasteiger partial charge in [-0.3, -0.25) is 9.59 Å². The van der Waals surface area contributed by atoms with Crippen molar-refractivity contribution in [1.29, 1.82) is 0 Å². The average Bonchev–Trinajstić information content (AvgIpc) is 2.79. The summed E-state index contributed by atoms with van der Waals surface area (Å²) in [6.07, 6.45) is 4.92. The minimum atomic E-state index is -1.22. The highest BCUT2D eigenvalue weighted by molar-refractivity contribution is 5.85. The number of aliphatic carboxylic acids is 1. The first-order valence-corrected chi connectivity index (χ1v) is 5.47. The van der Waals surface area contributed by atoms with Crippen LogP contribution in [0.5, 0.6) is 0 Å². The average molecular weight is 269 g/mol. The van der Waals surface area contributed by atoms with Crippen LogP contribution >= 0.6 is 0 Å². The lowest BCUT2D eigenvalue weighted by molar-refractivity contribution is -0.137. The smallest absolute Gasteiger partial charge is 0.323 e. The molecule has 1 aromatic rings. The van der Waals surface area contributed by atoms with Crippen molar-refractivity contribution in [3.63, 3.8) is 0 Å². The summed E-state index contributed by atoms with van der Waals surface area (Å²) in [6, 6.07) is -0.652. The molecule has 0 bridgehead atoms. The monoisotopic (exact) mass is 269 g/mol. The van der Waals surface area contributed by atoms with Gasteiger partial charge in [0.15, 0.2) is 0 Å². The number of imidazole rings is 1. The molecule has 0 aliphatic carbocycles. The lowest BCUT2D eigenvalue weighted by atomic mass is 10.4. The maximum absolute atomic E-state index is 11.7. The van der Waals surface area contributed by atoms with Gasteiger partial charge in [-0.05, 0) is 0 Å². The summed E-state index contributed by atoms with van der Waals surface area (Å²) >= 11 is 0. The van der Waals surface area contributed by atoms with Crippen molar-refractivity contribution in [3.05, 3.63) is 18.7 Å². The Hall–Kier alpha value is -2.58. The van der Waals surface area contributed by atoms with E-state index in [0.29, 0.717) is 6.54 Å². The Morgan fingerprint density at radius 2 is 2.11 bits per heavy atom. The van der Waals surface area contributed by atoms with E-state index in [1.165, 1.54) is 0 Å². The summed E-state index contributed by atoms with van der Waals surface area (Å²) in [5.74, 6) is -1.99. The Labute approximate surface area is 109 Å². The number of rotatable bonds is 7. The van der Waals surface area contributed by atoms with Crippen molar-refractivity contribution in [2.45, 2.75) is 6.54 Å². The number of amides is 3. The van der Waals surface area contributed by atoms with Gasteiger partial charge in [-0.1, -0.05) is 0 Å². The molecule has 0 fully saturated rings. The Morgan fingerprint density at radius 1 is 1.37 bits per heavy atom. The minimum Gasteiger partial charge on any atom is -0.480 e. The third-order valence-electron chi connectivity index (χ3n) is 2.17. The Balaban J connectivity index is 2.42. The molecule has 4 N–H and O–H groups in total. The third kappa shape index (κ3) is 5.52. The van der Waals surface area contributed by atoms with Crippen molar-refractivity contribution in [2.24, 2.45) is 5.73 Å². The number of carboxylic acid groups (broad SMARTS) is 1. The number of hydrogen-bond acceptors (Lipinski definition) is 4. The first-order valence-electron chi connectivity index (χ1n) is 5.47. The Morgan fingerprint density at radius 3 is 2.63 bits per heavy atom. The number of carboxylic acids is 1. The van der Waals surface area contributed by atoms with Crippen LogP contribution in [0, 0.1) is 0 Å². The quantitative estimate of drug-likeness (QED) is 0.552. The second-order valence-corrected chi connectivity index (χ2v) is 3.75. The second kappa shape index (κ2) is 6.99.